The number of benzene rings is 2. The number of aryl methyl sites for hydroxylation is 1. The molecule has 0 aliphatic carbocycles. The van der Waals surface area contributed by atoms with Crippen molar-refractivity contribution in [1.82, 2.24) is 15.5 Å². The van der Waals surface area contributed by atoms with Gasteiger partial charge >= 0.3 is 0 Å². The standard InChI is InChI=1S/C22H30N4O.HI/c1-18-5-3-7-20(15-18)21-8-4-6-19(16-21)17-25-22(23-2)24-9-10-26-11-13-27-14-12-26;/h3-8,15-16H,9-14,17H2,1-2H3,(H2,23,24,25);1H. The number of hydrogen-bond acceptors (Lipinski definition) is 3. The summed E-state index contributed by atoms with van der Waals surface area (Å²) < 4.78 is 5.39. The molecule has 1 fully saturated rings. The number of guanidine groups is 1. The average molecular weight is 494 g/mol. The lowest BCUT2D eigenvalue weighted by molar-refractivity contribution is 0.0389. The Morgan fingerprint density at radius 3 is 2.46 bits per heavy atom. The zero-order valence-corrected chi connectivity index (χ0v) is 19.1. The van der Waals surface area contributed by atoms with E-state index in [-0.39, 0.29) is 24.0 Å². The maximum atomic E-state index is 5.39. The van der Waals surface area contributed by atoms with Gasteiger partial charge in [-0.3, -0.25) is 9.89 Å². The predicted molar refractivity (Wildman–Crippen MR) is 127 cm³/mol. The fourth-order valence-electron chi connectivity index (χ4n) is 3.25. The van der Waals surface area contributed by atoms with Crippen LogP contribution in [0.3, 0.4) is 0 Å². The molecule has 0 amide bonds. The molecule has 6 heteroatoms. The van der Waals surface area contributed by atoms with Crippen LogP contribution in [-0.4, -0.2) is 57.3 Å². The van der Waals surface area contributed by atoms with E-state index < -0.39 is 0 Å². The summed E-state index contributed by atoms with van der Waals surface area (Å²) in [5, 5.41) is 6.81. The normalized spacial score (nSPS) is 15.0. The highest BCUT2D eigenvalue weighted by Gasteiger charge is 2.09. The highest BCUT2D eigenvalue weighted by atomic mass is 127. The van der Waals surface area contributed by atoms with E-state index >= 15 is 0 Å². The number of rotatable bonds is 6. The maximum absolute atomic E-state index is 5.39. The lowest BCUT2D eigenvalue weighted by Gasteiger charge is -2.26. The molecule has 2 aromatic rings. The van der Waals surface area contributed by atoms with Crippen molar-refractivity contribution in [2.45, 2.75) is 13.5 Å². The van der Waals surface area contributed by atoms with Gasteiger partial charge in [0, 0.05) is 39.8 Å². The van der Waals surface area contributed by atoms with Crippen LogP contribution in [0.15, 0.2) is 53.5 Å². The SMILES string of the molecule is CN=C(NCCN1CCOCC1)NCc1cccc(-c2cccc(C)c2)c1.I. The Bertz CT molecular complexity index is 760. The molecule has 5 nitrogen and oxygen atoms in total. The van der Waals surface area contributed by atoms with Gasteiger partial charge in [0.15, 0.2) is 5.96 Å². The van der Waals surface area contributed by atoms with Crippen molar-refractivity contribution in [2.75, 3.05) is 46.4 Å². The molecule has 0 bridgehead atoms. The monoisotopic (exact) mass is 494 g/mol. The summed E-state index contributed by atoms with van der Waals surface area (Å²) in [4.78, 5) is 6.74. The molecule has 3 rings (SSSR count). The van der Waals surface area contributed by atoms with Crippen molar-refractivity contribution >= 4 is 29.9 Å². The van der Waals surface area contributed by atoms with Gasteiger partial charge in [-0.05, 0) is 29.7 Å². The van der Waals surface area contributed by atoms with Gasteiger partial charge in [0.05, 0.1) is 13.2 Å². The van der Waals surface area contributed by atoms with Crippen LogP contribution < -0.4 is 10.6 Å². The number of morpholine rings is 1. The zero-order chi connectivity index (χ0) is 18.9. The molecule has 0 unspecified atom stereocenters. The summed E-state index contributed by atoms with van der Waals surface area (Å²) >= 11 is 0. The Labute approximate surface area is 185 Å². The number of hydrogen-bond donors (Lipinski definition) is 2. The first-order chi connectivity index (χ1) is 13.2. The molecule has 0 radical (unpaired) electrons. The third-order valence-corrected chi connectivity index (χ3v) is 4.79. The van der Waals surface area contributed by atoms with E-state index in [0.717, 1.165) is 51.9 Å². The molecule has 0 spiro atoms. The third-order valence-electron chi connectivity index (χ3n) is 4.79. The van der Waals surface area contributed by atoms with Gasteiger partial charge < -0.3 is 15.4 Å². The van der Waals surface area contributed by atoms with Gasteiger partial charge in [0.1, 0.15) is 0 Å². The first-order valence-corrected chi connectivity index (χ1v) is 9.65. The van der Waals surface area contributed by atoms with Gasteiger partial charge in [0.2, 0.25) is 0 Å². The Kier molecular flexibility index (Phi) is 9.73. The Morgan fingerprint density at radius 2 is 1.75 bits per heavy atom. The van der Waals surface area contributed by atoms with Crippen molar-refractivity contribution in [3.8, 4) is 11.1 Å². The topological polar surface area (TPSA) is 48.9 Å². The molecular formula is C22H31IN4O. The summed E-state index contributed by atoms with van der Waals surface area (Å²) in [6.45, 7) is 8.46. The first-order valence-electron chi connectivity index (χ1n) is 9.65. The number of nitrogens with zero attached hydrogens (tertiary/aromatic N) is 2. The minimum atomic E-state index is 0. The van der Waals surface area contributed by atoms with Crippen molar-refractivity contribution in [3.63, 3.8) is 0 Å². The number of nitrogens with one attached hydrogen (secondary N) is 2. The van der Waals surface area contributed by atoms with Crippen LogP contribution >= 0.6 is 24.0 Å². The Balaban J connectivity index is 0.00000280. The van der Waals surface area contributed by atoms with E-state index in [2.05, 4.69) is 76.0 Å². The van der Waals surface area contributed by atoms with E-state index in [1.807, 2.05) is 7.05 Å². The van der Waals surface area contributed by atoms with E-state index in [9.17, 15) is 0 Å². The van der Waals surface area contributed by atoms with Crippen LogP contribution in [0, 0.1) is 6.92 Å². The summed E-state index contributed by atoms with van der Waals surface area (Å²) in [5.41, 5.74) is 5.02. The van der Waals surface area contributed by atoms with Crippen molar-refractivity contribution in [2.24, 2.45) is 4.99 Å². The molecule has 1 aliphatic rings. The van der Waals surface area contributed by atoms with E-state index in [1.54, 1.807) is 0 Å². The van der Waals surface area contributed by atoms with Crippen LogP contribution in [0.25, 0.3) is 11.1 Å². The highest BCUT2D eigenvalue weighted by molar-refractivity contribution is 14.0. The lowest BCUT2D eigenvalue weighted by atomic mass is 10.0. The van der Waals surface area contributed by atoms with Crippen LogP contribution in [0.1, 0.15) is 11.1 Å². The van der Waals surface area contributed by atoms with E-state index in [1.165, 1.54) is 22.3 Å². The molecule has 2 aromatic carbocycles. The fourth-order valence-corrected chi connectivity index (χ4v) is 3.25. The summed E-state index contributed by atoms with van der Waals surface area (Å²) in [6.07, 6.45) is 0. The smallest absolute Gasteiger partial charge is 0.191 e. The number of ether oxygens (including phenoxy) is 1. The minimum Gasteiger partial charge on any atom is -0.379 e. The van der Waals surface area contributed by atoms with Gasteiger partial charge in [-0.2, -0.15) is 0 Å². The highest BCUT2D eigenvalue weighted by Crippen LogP contribution is 2.21. The van der Waals surface area contributed by atoms with Crippen molar-refractivity contribution < 1.29 is 4.74 Å². The molecule has 0 saturated carbocycles. The maximum Gasteiger partial charge on any atom is 0.191 e. The summed E-state index contributed by atoms with van der Waals surface area (Å²) in [6, 6.07) is 17.3. The van der Waals surface area contributed by atoms with Crippen molar-refractivity contribution in [1.29, 1.82) is 0 Å². The summed E-state index contributed by atoms with van der Waals surface area (Å²) in [5.74, 6) is 0.837. The van der Waals surface area contributed by atoms with Crippen LogP contribution in [0.5, 0.6) is 0 Å². The molecule has 1 heterocycles. The predicted octanol–water partition coefficient (Wildman–Crippen LogP) is 3.28. The second-order valence-corrected chi connectivity index (χ2v) is 6.88. The number of halogens is 1. The molecule has 152 valence electrons. The lowest BCUT2D eigenvalue weighted by Crippen LogP contribution is -2.44. The van der Waals surface area contributed by atoms with Gasteiger partial charge in [-0.15, -0.1) is 24.0 Å². The zero-order valence-electron chi connectivity index (χ0n) is 16.8. The second kappa shape index (κ2) is 12.0. The van der Waals surface area contributed by atoms with E-state index in [4.69, 9.17) is 4.74 Å². The first kappa shape index (κ1) is 22.6. The van der Waals surface area contributed by atoms with Gasteiger partial charge in [-0.1, -0.05) is 48.0 Å². The minimum absolute atomic E-state index is 0. The Morgan fingerprint density at radius 1 is 1.04 bits per heavy atom. The molecule has 0 atom stereocenters. The average Bonchev–Trinajstić information content (AvgIpc) is 2.71. The van der Waals surface area contributed by atoms with Gasteiger partial charge in [0.25, 0.3) is 0 Å². The quantitative estimate of drug-likeness (QED) is 0.368. The van der Waals surface area contributed by atoms with Gasteiger partial charge in [-0.25, -0.2) is 0 Å². The molecular weight excluding hydrogens is 463 g/mol. The summed E-state index contributed by atoms with van der Waals surface area (Å²) in [7, 11) is 1.81. The fraction of sp³-hybridized carbons (Fsp3) is 0.409. The number of aliphatic imine (C=N–C) groups is 1. The largest absolute Gasteiger partial charge is 0.379 e. The molecule has 28 heavy (non-hydrogen) atoms. The molecule has 2 N–H and O–H groups in total. The van der Waals surface area contributed by atoms with Crippen molar-refractivity contribution in [3.05, 3.63) is 59.7 Å². The second-order valence-electron chi connectivity index (χ2n) is 6.88. The van der Waals surface area contributed by atoms with E-state index in [0.29, 0.717) is 0 Å². The van der Waals surface area contributed by atoms with Crippen LogP contribution in [0.4, 0.5) is 0 Å². The molecule has 1 aliphatic heterocycles. The molecule has 1 saturated heterocycles. The van der Waals surface area contributed by atoms with Crippen LogP contribution in [0.2, 0.25) is 0 Å². The molecule has 0 aromatic heterocycles. The third kappa shape index (κ3) is 7.07. The van der Waals surface area contributed by atoms with Crippen LogP contribution in [-0.2, 0) is 11.3 Å². The Hall–Kier alpha value is -1.64.